The van der Waals surface area contributed by atoms with Gasteiger partial charge in [-0.05, 0) is 30.2 Å². The predicted octanol–water partition coefficient (Wildman–Crippen LogP) is 4.97. The summed E-state index contributed by atoms with van der Waals surface area (Å²) in [6, 6.07) is 19.8. The number of rotatable bonds is 7. The third kappa shape index (κ3) is 4.62. The maximum absolute atomic E-state index is 3.63. The fourth-order valence-corrected chi connectivity index (χ4v) is 3.74. The molecule has 0 heterocycles. The van der Waals surface area contributed by atoms with Crippen LogP contribution in [0.2, 0.25) is 0 Å². The van der Waals surface area contributed by atoms with Crippen LogP contribution in [0.3, 0.4) is 0 Å². The number of nitrogens with one attached hydrogen (secondary N) is 1. The Morgan fingerprint density at radius 2 is 1.67 bits per heavy atom. The molecule has 2 rings (SSSR count). The fourth-order valence-electron chi connectivity index (χ4n) is 2.52. The molecule has 0 aliphatic carbocycles. The van der Waals surface area contributed by atoms with E-state index in [9.17, 15) is 0 Å². The highest BCUT2D eigenvalue weighted by Crippen LogP contribution is 2.29. The molecule has 2 aromatic rings. The molecule has 1 N–H and O–H groups in total. The molecule has 2 heteroatoms. The Bertz CT molecular complexity index is 538. The SMILES string of the molecule is CCNC(c1ccccc1)C(C)SCc1ccccc1C. The third-order valence-corrected chi connectivity index (χ3v) is 5.09. The van der Waals surface area contributed by atoms with Gasteiger partial charge in [-0.25, -0.2) is 0 Å². The van der Waals surface area contributed by atoms with Gasteiger partial charge in [0.05, 0.1) is 0 Å². The van der Waals surface area contributed by atoms with Crippen molar-refractivity contribution in [2.75, 3.05) is 6.54 Å². The monoisotopic (exact) mass is 299 g/mol. The summed E-state index contributed by atoms with van der Waals surface area (Å²) in [5.41, 5.74) is 4.21. The smallest absolute Gasteiger partial charge is 0.0437 e. The van der Waals surface area contributed by atoms with Crippen molar-refractivity contribution in [3.05, 3.63) is 71.3 Å². The number of thioether (sulfide) groups is 1. The minimum Gasteiger partial charge on any atom is -0.309 e. The second-order valence-electron chi connectivity index (χ2n) is 5.39. The molecule has 2 unspecified atom stereocenters. The van der Waals surface area contributed by atoms with Crippen LogP contribution in [0.15, 0.2) is 54.6 Å². The molecule has 0 aliphatic rings. The van der Waals surface area contributed by atoms with Gasteiger partial charge in [-0.3, -0.25) is 0 Å². The predicted molar refractivity (Wildman–Crippen MR) is 94.8 cm³/mol. The summed E-state index contributed by atoms with van der Waals surface area (Å²) in [6.45, 7) is 7.69. The molecule has 112 valence electrons. The van der Waals surface area contributed by atoms with Gasteiger partial charge in [0.2, 0.25) is 0 Å². The number of aryl methyl sites for hydroxylation is 1. The highest BCUT2D eigenvalue weighted by molar-refractivity contribution is 7.99. The van der Waals surface area contributed by atoms with Gasteiger partial charge in [-0.15, -0.1) is 0 Å². The van der Waals surface area contributed by atoms with E-state index in [0.717, 1.165) is 12.3 Å². The van der Waals surface area contributed by atoms with E-state index in [2.05, 4.69) is 80.7 Å². The van der Waals surface area contributed by atoms with E-state index in [1.165, 1.54) is 16.7 Å². The van der Waals surface area contributed by atoms with E-state index in [4.69, 9.17) is 0 Å². The molecule has 0 saturated carbocycles. The number of benzene rings is 2. The van der Waals surface area contributed by atoms with Crippen LogP contribution in [0.1, 0.15) is 36.6 Å². The molecular weight excluding hydrogens is 274 g/mol. The van der Waals surface area contributed by atoms with Gasteiger partial charge in [0.1, 0.15) is 0 Å². The zero-order chi connectivity index (χ0) is 15.1. The molecule has 21 heavy (non-hydrogen) atoms. The summed E-state index contributed by atoms with van der Waals surface area (Å²) in [4.78, 5) is 0. The van der Waals surface area contributed by atoms with Crippen molar-refractivity contribution in [3.63, 3.8) is 0 Å². The van der Waals surface area contributed by atoms with Crippen molar-refractivity contribution in [3.8, 4) is 0 Å². The van der Waals surface area contributed by atoms with E-state index in [-0.39, 0.29) is 0 Å². The Balaban J connectivity index is 2.02. The van der Waals surface area contributed by atoms with E-state index < -0.39 is 0 Å². The zero-order valence-corrected chi connectivity index (χ0v) is 14.0. The largest absolute Gasteiger partial charge is 0.309 e. The van der Waals surface area contributed by atoms with Crippen LogP contribution in [0.5, 0.6) is 0 Å². The Hall–Kier alpha value is -1.25. The normalized spacial score (nSPS) is 13.9. The second kappa shape index (κ2) is 8.26. The van der Waals surface area contributed by atoms with Gasteiger partial charge in [-0.1, -0.05) is 68.4 Å². The Morgan fingerprint density at radius 1 is 1.00 bits per heavy atom. The molecule has 0 spiro atoms. The van der Waals surface area contributed by atoms with E-state index in [1.54, 1.807) is 0 Å². The summed E-state index contributed by atoms with van der Waals surface area (Å²) in [5, 5.41) is 4.16. The van der Waals surface area contributed by atoms with Crippen LogP contribution >= 0.6 is 11.8 Å². The Labute approximate surface area is 133 Å². The first-order chi connectivity index (χ1) is 10.2. The molecule has 0 aliphatic heterocycles. The molecule has 2 atom stereocenters. The molecule has 0 radical (unpaired) electrons. The molecule has 0 aromatic heterocycles. The molecule has 0 fully saturated rings. The van der Waals surface area contributed by atoms with Gasteiger partial charge < -0.3 is 5.32 Å². The molecular formula is C19H25NS. The van der Waals surface area contributed by atoms with Gasteiger partial charge in [0, 0.05) is 17.0 Å². The minimum atomic E-state index is 0.408. The molecule has 0 bridgehead atoms. The highest BCUT2D eigenvalue weighted by atomic mass is 32.2. The summed E-state index contributed by atoms with van der Waals surface area (Å²) in [7, 11) is 0. The van der Waals surface area contributed by atoms with Crippen molar-refractivity contribution >= 4 is 11.8 Å². The Morgan fingerprint density at radius 3 is 2.33 bits per heavy atom. The van der Waals surface area contributed by atoms with Crippen molar-refractivity contribution in [1.82, 2.24) is 5.32 Å². The van der Waals surface area contributed by atoms with Gasteiger partial charge in [-0.2, -0.15) is 11.8 Å². The topological polar surface area (TPSA) is 12.0 Å². The first-order valence-corrected chi connectivity index (χ1v) is 8.71. The van der Waals surface area contributed by atoms with Crippen molar-refractivity contribution in [2.45, 2.75) is 37.8 Å². The van der Waals surface area contributed by atoms with Crippen LogP contribution < -0.4 is 5.32 Å². The highest BCUT2D eigenvalue weighted by Gasteiger charge is 2.18. The van der Waals surface area contributed by atoms with Gasteiger partial charge >= 0.3 is 0 Å². The van der Waals surface area contributed by atoms with Crippen LogP contribution in [-0.2, 0) is 5.75 Å². The van der Waals surface area contributed by atoms with Crippen molar-refractivity contribution in [2.24, 2.45) is 0 Å². The molecule has 1 nitrogen and oxygen atoms in total. The lowest BCUT2D eigenvalue weighted by molar-refractivity contribution is 0.548. The van der Waals surface area contributed by atoms with Gasteiger partial charge in [0.25, 0.3) is 0 Å². The average Bonchev–Trinajstić information content (AvgIpc) is 2.52. The summed E-state index contributed by atoms with van der Waals surface area (Å²) >= 11 is 2.02. The summed E-state index contributed by atoms with van der Waals surface area (Å²) < 4.78 is 0. The van der Waals surface area contributed by atoms with Gasteiger partial charge in [0.15, 0.2) is 0 Å². The third-order valence-electron chi connectivity index (χ3n) is 3.82. The fraction of sp³-hybridized carbons (Fsp3) is 0.368. The van der Waals surface area contributed by atoms with Crippen LogP contribution in [0, 0.1) is 6.92 Å². The second-order valence-corrected chi connectivity index (χ2v) is 6.75. The lowest BCUT2D eigenvalue weighted by Gasteiger charge is -2.25. The van der Waals surface area contributed by atoms with Crippen LogP contribution in [0.25, 0.3) is 0 Å². The van der Waals surface area contributed by atoms with Crippen LogP contribution in [0.4, 0.5) is 0 Å². The summed E-state index contributed by atoms with van der Waals surface area (Å²) in [6.07, 6.45) is 0. The number of hydrogen-bond donors (Lipinski definition) is 1. The quantitative estimate of drug-likeness (QED) is 0.775. The molecule has 0 amide bonds. The lowest BCUT2D eigenvalue weighted by Crippen LogP contribution is -2.28. The molecule has 0 saturated heterocycles. The van der Waals surface area contributed by atoms with E-state index >= 15 is 0 Å². The minimum absolute atomic E-state index is 0.408. The van der Waals surface area contributed by atoms with Crippen molar-refractivity contribution < 1.29 is 0 Å². The van der Waals surface area contributed by atoms with Crippen LogP contribution in [-0.4, -0.2) is 11.8 Å². The maximum atomic E-state index is 3.63. The molecule has 2 aromatic carbocycles. The number of hydrogen-bond acceptors (Lipinski definition) is 2. The first kappa shape index (κ1) is 16.1. The van der Waals surface area contributed by atoms with E-state index in [0.29, 0.717) is 11.3 Å². The van der Waals surface area contributed by atoms with E-state index in [1.807, 2.05) is 11.8 Å². The first-order valence-electron chi connectivity index (χ1n) is 7.66. The average molecular weight is 299 g/mol. The Kier molecular flexibility index (Phi) is 6.34. The zero-order valence-electron chi connectivity index (χ0n) is 13.2. The summed E-state index contributed by atoms with van der Waals surface area (Å²) in [5.74, 6) is 1.07. The van der Waals surface area contributed by atoms with Crippen molar-refractivity contribution in [1.29, 1.82) is 0 Å². The standard InChI is InChI=1S/C19H25NS/c1-4-20-19(17-11-6-5-7-12-17)16(3)21-14-18-13-9-8-10-15(18)2/h5-13,16,19-20H,4,14H2,1-3H3. The maximum Gasteiger partial charge on any atom is 0.0437 e. The lowest BCUT2D eigenvalue weighted by atomic mass is 10.0.